The second-order valence-electron chi connectivity index (χ2n) is 5.66. The van der Waals surface area contributed by atoms with Gasteiger partial charge in [-0.1, -0.05) is 29.3 Å². The molecule has 0 bridgehead atoms. The first kappa shape index (κ1) is 18.3. The van der Waals surface area contributed by atoms with E-state index in [1.54, 1.807) is 42.5 Å². The molecule has 0 saturated carbocycles. The summed E-state index contributed by atoms with van der Waals surface area (Å²) in [5.74, 6) is -2.58. The van der Waals surface area contributed by atoms with E-state index in [9.17, 15) is 14.4 Å². The highest BCUT2D eigenvalue weighted by molar-refractivity contribution is 9.10. The summed E-state index contributed by atoms with van der Waals surface area (Å²) in [5, 5.41) is 2.64. The Labute approximate surface area is 163 Å². The average molecular weight is 435 g/mol. The summed E-state index contributed by atoms with van der Waals surface area (Å²) in [7, 11) is 0. The molecule has 0 aromatic heterocycles. The van der Waals surface area contributed by atoms with Crippen LogP contribution in [0.4, 0.5) is 16.2 Å². The molecule has 1 heterocycles. The lowest BCUT2D eigenvalue weighted by molar-refractivity contribution is -0.131. The molecular weight excluding hydrogens is 422 g/mol. The van der Waals surface area contributed by atoms with E-state index in [0.29, 0.717) is 20.9 Å². The molecule has 6 nitrogen and oxygen atoms in total. The van der Waals surface area contributed by atoms with Gasteiger partial charge in [-0.25, -0.2) is 9.69 Å². The largest absolute Gasteiger partial charge is 0.335 e. The maximum absolute atomic E-state index is 12.7. The van der Waals surface area contributed by atoms with Crippen molar-refractivity contribution in [2.75, 3.05) is 4.90 Å². The molecule has 1 aliphatic heterocycles. The third-order valence-corrected chi connectivity index (χ3v) is 5.00. The topological polar surface area (TPSA) is 78.8 Å². The van der Waals surface area contributed by atoms with E-state index in [1.807, 2.05) is 6.92 Å². The van der Waals surface area contributed by atoms with Crippen LogP contribution in [0.3, 0.4) is 0 Å². The third-order valence-electron chi connectivity index (χ3n) is 3.77. The number of benzene rings is 2. The van der Waals surface area contributed by atoms with Crippen LogP contribution >= 0.6 is 27.5 Å². The van der Waals surface area contributed by atoms with Crippen molar-refractivity contribution in [2.24, 2.45) is 10.9 Å². The molecule has 1 fully saturated rings. The number of hydrogen-bond acceptors (Lipinski definition) is 4. The lowest BCUT2D eigenvalue weighted by Gasteiger charge is -2.28. The number of nitrogens with zero attached hydrogens (tertiary/aromatic N) is 2. The van der Waals surface area contributed by atoms with Crippen LogP contribution in [-0.4, -0.2) is 24.1 Å². The second-order valence-corrected chi connectivity index (χ2v) is 6.92. The molecule has 4 amide bonds. The number of carbonyl (C=O) groups is 3. The minimum atomic E-state index is -1.21. The Kier molecular flexibility index (Phi) is 5.20. The van der Waals surface area contributed by atoms with E-state index < -0.39 is 23.8 Å². The van der Waals surface area contributed by atoms with Gasteiger partial charge < -0.3 is 0 Å². The highest BCUT2D eigenvalue weighted by Gasteiger charge is 2.40. The second kappa shape index (κ2) is 7.39. The van der Waals surface area contributed by atoms with Crippen LogP contribution in [0.2, 0.25) is 5.02 Å². The van der Waals surface area contributed by atoms with Crippen molar-refractivity contribution in [1.82, 2.24) is 5.32 Å². The van der Waals surface area contributed by atoms with E-state index in [4.69, 9.17) is 11.6 Å². The number of urea groups is 1. The van der Waals surface area contributed by atoms with Crippen LogP contribution in [0.15, 0.2) is 51.9 Å². The zero-order chi connectivity index (χ0) is 18.8. The van der Waals surface area contributed by atoms with Gasteiger partial charge in [0.05, 0.1) is 16.4 Å². The number of barbiturate groups is 1. The zero-order valence-electron chi connectivity index (χ0n) is 13.6. The summed E-state index contributed by atoms with van der Waals surface area (Å²) in [5.41, 5.74) is 1.85. The highest BCUT2D eigenvalue weighted by Crippen LogP contribution is 2.27. The smallest absolute Gasteiger partial charge is 0.276 e. The number of amides is 4. The Balaban J connectivity index is 1.88. The van der Waals surface area contributed by atoms with Crippen LogP contribution in [0.1, 0.15) is 5.56 Å². The molecule has 1 saturated heterocycles. The zero-order valence-corrected chi connectivity index (χ0v) is 15.9. The number of rotatable bonds is 3. The molecule has 1 N–H and O–H groups in total. The molecule has 1 aliphatic rings. The maximum atomic E-state index is 12.7. The molecule has 0 spiro atoms. The minimum absolute atomic E-state index is 0.385. The molecule has 0 radical (unpaired) electrons. The van der Waals surface area contributed by atoms with Gasteiger partial charge >= 0.3 is 6.03 Å². The first-order chi connectivity index (χ1) is 12.4. The lowest BCUT2D eigenvalue weighted by atomic mass is 10.1. The van der Waals surface area contributed by atoms with Gasteiger partial charge in [0.15, 0.2) is 5.92 Å². The van der Waals surface area contributed by atoms with Gasteiger partial charge in [0.2, 0.25) is 5.91 Å². The first-order valence-corrected chi connectivity index (χ1v) is 8.78. The predicted molar refractivity (Wildman–Crippen MR) is 103 cm³/mol. The van der Waals surface area contributed by atoms with E-state index in [1.165, 1.54) is 6.21 Å². The van der Waals surface area contributed by atoms with Gasteiger partial charge in [0.1, 0.15) is 0 Å². The van der Waals surface area contributed by atoms with Crippen molar-refractivity contribution in [3.05, 3.63) is 57.5 Å². The van der Waals surface area contributed by atoms with Crippen molar-refractivity contribution >= 4 is 63.0 Å². The van der Waals surface area contributed by atoms with Crippen molar-refractivity contribution in [3.8, 4) is 0 Å². The minimum Gasteiger partial charge on any atom is -0.276 e. The van der Waals surface area contributed by atoms with Crippen LogP contribution in [0, 0.1) is 12.8 Å². The van der Waals surface area contributed by atoms with Gasteiger partial charge in [-0.2, -0.15) is 0 Å². The van der Waals surface area contributed by atoms with Gasteiger partial charge in [-0.3, -0.25) is 19.9 Å². The Morgan fingerprint density at radius 3 is 2.50 bits per heavy atom. The fourth-order valence-corrected chi connectivity index (χ4v) is 2.81. The summed E-state index contributed by atoms with van der Waals surface area (Å²) in [4.78, 5) is 42.0. The van der Waals surface area contributed by atoms with Gasteiger partial charge in [0.25, 0.3) is 5.91 Å². The van der Waals surface area contributed by atoms with Crippen LogP contribution in [-0.2, 0) is 9.59 Å². The highest BCUT2D eigenvalue weighted by atomic mass is 79.9. The number of aliphatic imine (C=N–C) groups is 1. The summed E-state index contributed by atoms with van der Waals surface area (Å²) in [6.45, 7) is 1.89. The van der Waals surface area contributed by atoms with Crippen LogP contribution < -0.4 is 10.2 Å². The van der Waals surface area contributed by atoms with E-state index in [2.05, 4.69) is 26.2 Å². The van der Waals surface area contributed by atoms with E-state index in [-0.39, 0.29) is 0 Å². The van der Waals surface area contributed by atoms with Crippen molar-refractivity contribution in [1.29, 1.82) is 0 Å². The summed E-state index contributed by atoms with van der Waals surface area (Å²) in [6, 6.07) is 11.0. The molecule has 3 rings (SSSR count). The number of halogens is 2. The van der Waals surface area contributed by atoms with Gasteiger partial charge in [-0.05, 0) is 53.2 Å². The molecule has 8 heteroatoms. The quantitative estimate of drug-likeness (QED) is 0.585. The Hall–Kier alpha value is -2.51. The fourth-order valence-electron chi connectivity index (χ4n) is 2.39. The predicted octanol–water partition coefficient (Wildman–Crippen LogP) is 4.01. The summed E-state index contributed by atoms with van der Waals surface area (Å²) < 4.78 is 0.709. The third kappa shape index (κ3) is 3.68. The fraction of sp³-hybridized carbons (Fsp3) is 0.111. The summed E-state index contributed by atoms with van der Waals surface area (Å²) in [6.07, 6.45) is 1.21. The Morgan fingerprint density at radius 2 is 1.85 bits per heavy atom. The van der Waals surface area contributed by atoms with Crippen LogP contribution in [0.5, 0.6) is 0 Å². The molecule has 2 aromatic rings. The number of anilines is 1. The standard InChI is InChI=1S/C18H13BrClN3O3/c1-10-2-5-12(6-3-10)23-17(25)13(16(24)22-18(23)26)9-21-11-4-7-14(19)15(20)8-11/h2-9,13H,1H3,(H,22,24,26)/t13-/m0/s1. The van der Waals surface area contributed by atoms with E-state index in [0.717, 1.165) is 10.5 Å². The van der Waals surface area contributed by atoms with Crippen molar-refractivity contribution in [3.63, 3.8) is 0 Å². The monoisotopic (exact) mass is 433 g/mol. The van der Waals surface area contributed by atoms with Gasteiger partial charge in [-0.15, -0.1) is 0 Å². The number of nitrogens with one attached hydrogen (secondary N) is 1. The molecule has 26 heavy (non-hydrogen) atoms. The average Bonchev–Trinajstić information content (AvgIpc) is 2.59. The molecule has 2 aromatic carbocycles. The number of aryl methyl sites for hydroxylation is 1. The molecule has 132 valence electrons. The molecular formula is C18H13BrClN3O3. The molecule has 0 unspecified atom stereocenters. The van der Waals surface area contributed by atoms with Gasteiger partial charge in [0, 0.05) is 10.7 Å². The number of imide groups is 2. The number of carbonyl (C=O) groups excluding carboxylic acids is 3. The van der Waals surface area contributed by atoms with Crippen molar-refractivity contribution in [2.45, 2.75) is 6.92 Å². The Bertz CT molecular complexity index is 928. The van der Waals surface area contributed by atoms with E-state index >= 15 is 0 Å². The molecule has 0 aliphatic carbocycles. The van der Waals surface area contributed by atoms with Crippen molar-refractivity contribution < 1.29 is 14.4 Å². The normalized spacial score (nSPS) is 17.7. The first-order valence-electron chi connectivity index (χ1n) is 7.61. The molecule has 1 atom stereocenters. The maximum Gasteiger partial charge on any atom is 0.335 e. The lowest BCUT2D eigenvalue weighted by Crippen LogP contribution is -2.58. The summed E-state index contributed by atoms with van der Waals surface area (Å²) >= 11 is 9.28. The SMILES string of the molecule is Cc1ccc(N2C(=O)NC(=O)[C@H](C=Nc3ccc(Br)c(Cl)c3)C2=O)cc1. The number of hydrogen-bond donors (Lipinski definition) is 1. The Morgan fingerprint density at radius 1 is 1.15 bits per heavy atom. The van der Waals surface area contributed by atoms with Crippen LogP contribution in [0.25, 0.3) is 0 Å².